The average Bonchev–Trinajstić information content (AvgIpc) is 3.72. The Labute approximate surface area is 336 Å². The van der Waals surface area contributed by atoms with Gasteiger partial charge in [-0.25, -0.2) is 0 Å². The maximum absolute atomic E-state index is 13.9. The van der Waals surface area contributed by atoms with E-state index < -0.39 is 0 Å². The van der Waals surface area contributed by atoms with E-state index in [1.165, 1.54) is 7.11 Å². The molecule has 4 aliphatic heterocycles. The number of carbonyl (C=O) groups is 3. The highest BCUT2D eigenvalue weighted by Gasteiger charge is 2.38. The van der Waals surface area contributed by atoms with E-state index in [1.807, 2.05) is 111 Å². The Morgan fingerprint density at radius 2 is 1.22 bits per heavy atom. The Balaban J connectivity index is 0.957. The van der Waals surface area contributed by atoms with Crippen molar-refractivity contribution in [3.63, 3.8) is 0 Å². The molecule has 0 fully saturated rings. The molecule has 0 radical (unpaired) electrons. The second-order valence-corrected chi connectivity index (χ2v) is 15.3. The van der Waals surface area contributed by atoms with Crippen LogP contribution >= 0.6 is 0 Å². The first-order valence-electron chi connectivity index (χ1n) is 19.5. The number of Topliss-reactive ketones (excluding diaryl/α,β-unsaturated/α-hetero) is 1. The number of fused-ring (bicyclic) bond motifs is 8. The van der Waals surface area contributed by atoms with Gasteiger partial charge in [0, 0.05) is 54.7 Å². The van der Waals surface area contributed by atoms with E-state index in [0.29, 0.717) is 51.9 Å². The number of benzene rings is 5. The zero-order valence-corrected chi connectivity index (χ0v) is 32.7. The van der Waals surface area contributed by atoms with Crippen LogP contribution in [0.5, 0.6) is 23.0 Å². The second kappa shape index (κ2) is 15.0. The fourth-order valence-corrected chi connectivity index (χ4v) is 8.01. The highest BCUT2D eigenvalue weighted by Crippen LogP contribution is 2.42. The van der Waals surface area contributed by atoms with E-state index in [1.54, 1.807) is 17.0 Å². The van der Waals surface area contributed by atoms with Gasteiger partial charge in [-0.1, -0.05) is 50.2 Å². The van der Waals surface area contributed by atoms with Crippen molar-refractivity contribution in [2.45, 2.75) is 58.9 Å². The first-order chi connectivity index (χ1) is 28.1. The largest absolute Gasteiger partial charge is 0.493 e. The SMILES string of the molecule is COc1cc2c(cc1OCc1cc(COc3cc4c(cc3C)C(=O)N3c5ccccc5C[C@H]3C=N4)cc(OCC(=O)C(C)C)c1)N=C[C@@H]1Cc3ccccc3N1C2=O. The van der Waals surface area contributed by atoms with Gasteiger partial charge in [-0.3, -0.25) is 34.2 Å². The Morgan fingerprint density at radius 1 is 0.690 bits per heavy atom. The monoisotopic (exact) mass is 774 g/mol. The minimum atomic E-state index is -0.181. The van der Waals surface area contributed by atoms with E-state index >= 15 is 0 Å². The summed E-state index contributed by atoms with van der Waals surface area (Å²) in [6.07, 6.45) is 5.08. The minimum Gasteiger partial charge on any atom is -0.493 e. The number of rotatable bonds is 11. The van der Waals surface area contributed by atoms with E-state index in [9.17, 15) is 14.4 Å². The van der Waals surface area contributed by atoms with Crippen LogP contribution in [-0.4, -0.2) is 55.8 Å². The molecule has 4 aliphatic rings. The van der Waals surface area contributed by atoms with Crippen molar-refractivity contribution >= 4 is 52.8 Å². The number of methoxy groups -OCH3 is 1. The summed E-state index contributed by atoms with van der Waals surface area (Å²) in [5.74, 6) is 1.49. The van der Waals surface area contributed by atoms with Gasteiger partial charge in [0.05, 0.1) is 41.7 Å². The topological polar surface area (TPSA) is 119 Å². The lowest BCUT2D eigenvalue weighted by Crippen LogP contribution is -2.37. The minimum absolute atomic E-state index is 0.0205. The predicted octanol–water partition coefficient (Wildman–Crippen LogP) is 8.34. The molecule has 0 aliphatic carbocycles. The van der Waals surface area contributed by atoms with Gasteiger partial charge in [0.15, 0.2) is 17.3 Å². The molecule has 2 atom stereocenters. The maximum atomic E-state index is 13.9. The van der Waals surface area contributed by atoms with E-state index in [-0.39, 0.29) is 55.4 Å². The second-order valence-electron chi connectivity index (χ2n) is 15.3. The molecule has 9 rings (SSSR count). The molecule has 2 amide bonds. The standard InChI is InChI=1S/C47H42N4O7/c1-27(2)42(52)26-56-35-15-29(24-57-43-20-38-36(13-28(43)3)46(53)50-33(22-48-38)17-31-9-5-7-11-40(31)50)14-30(16-35)25-58-45-21-39-37(19-44(45)55-4)47(54)51-34(23-49-39)18-32-10-6-8-12-41(32)51/h5-16,19-23,27,33-34H,17-18,24-26H2,1-4H3/t33-,34-/m0/s1. The van der Waals surface area contributed by atoms with E-state index in [2.05, 4.69) is 6.07 Å². The van der Waals surface area contributed by atoms with E-state index in [0.717, 1.165) is 45.6 Å². The molecule has 0 saturated carbocycles. The Bertz CT molecular complexity index is 2560. The Kier molecular flexibility index (Phi) is 9.51. The zero-order valence-electron chi connectivity index (χ0n) is 32.7. The van der Waals surface area contributed by atoms with Crippen molar-refractivity contribution in [1.82, 2.24) is 0 Å². The normalized spacial score (nSPS) is 17.1. The molecule has 5 aromatic rings. The van der Waals surface area contributed by atoms with Crippen molar-refractivity contribution < 1.29 is 33.3 Å². The predicted molar refractivity (Wildman–Crippen MR) is 222 cm³/mol. The number of anilines is 2. The molecule has 58 heavy (non-hydrogen) atoms. The van der Waals surface area contributed by atoms with Crippen LogP contribution in [0.15, 0.2) is 101 Å². The molecular formula is C47H42N4O7. The summed E-state index contributed by atoms with van der Waals surface area (Å²) in [6.45, 7) is 5.80. The summed E-state index contributed by atoms with van der Waals surface area (Å²) in [4.78, 5) is 53.4. The highest BCUT2D eigenvalue weighted by atomic mass is 16.5. The lowest BCUT2D eigenvalue weighted by atomic mass is 10.1. The number of aliphatic imine (C=N–C) groups is 2. The number of hydrogen-bond acceptors (Lipinski definition) is 9. The Morgan fingerprint density at radius 3 is 1.79 bits per heavy atom. The summed E-state index contributed by atoms with van der Waals surface area (Å²) in [7, 11) is 1.54. The quantitative estimate of drug-likeness (QED) is 0.132. The lowest BCUT2D eigenvalue weighted by Gasteiger charge is -2.22. The van der Waals surface area contributed by atoms with Crippen LogP contribution < -0.4 is 28.7 Å². The summed E-state index contributed by atoms with van der Waals surface area (Å²) < 4.78 is 24.5. The molecular weight excluding hydrogens is 733 g/mol. The summed E-state index contributed by atoms with van der Waals surface area (Å²) in [5.41, 5.74) is 8.40. The fraction of sp³-hybridized carbons (Fsp3) is 0.255. The average molecular weight is 775 g/mol. The molecule has 0 bridgehead atoms. The molecule has 0 N–H and O–H groups in total. The number of amides is 2. The van der Waals surface area contributed by atoms with Crippen molar-refractivity contribution in [1.29, 1.82) is 0 Å². The van der Waals surface area contributed by atoms with Crippen LogP contribution in [-0.2, 0) is 30.8 Å². The number of ether oxygens (including phenoxy) is 4. The third-order valence-electron chi connectivity index (χ3n) is 11.1. The van der Waals surface area contributed by atoms with E-state index in [4.69, 9.17) is 28.9 Å². The third kappa shape index (κ3) is 6.76. The van der Waals surface area contributed by atoms with Gasteiger partial charge >= 0.3 is 0 Å². The summed E-state index contributed by atoms with van der Waals surface area (Å²) >= 11 is 0. The molecule has 0 aromatic heterocycles. The number of hydrogen-bond donors (Lipinski definition) is 0. The van der Waals surface area contributed by atoms with Gasteiger partial charge in [-0.05, 0) is 77.2 Å². The van der Waals surface area contributed by atoms with Crippen LogP contribution in [0.2, 0.25) is 0 Å². The molecule has 11 heteroatoms. The molecule has 0 unspecified atom stereocenters. The molecule has 0 spiro atoms. The number of aryl methyl sites for hydroxylation is 1. The lowest BCUT2D eigenvalue weighted by molar-refractivity contribution is -0.123. The van der Waals surface area contributed by atoms with Gasteiger partial charge in [-0.15, -0.1) is 0 Å². The molecule has 5 aromatic carbocycles. The van der Waals surface area contributed by atoms with Crippen molar-refractivity contribution in [2.75, 3.05) is 23.5 Å². The van der Waals surface area contributed by atoms with Crippen LogP contribution in [0.1, 0.15) is 62.4 Å². The number of nitrogens with zero attached hydrogens (tertiary/aromatic N) is 4. The highest BCUT2D eigenvalue weighted by molar-refractivity contribution is 6.15. The number of carbonyl (C=O) groups excluding carboxylic acids is 3. The van der Waals surface area contributed by atoms with Crippen LogP contribution in [0.25, 0.3) is 0 Å². The van der Waals surface area contributed by atoms with Crippen LogP contribution in [0.4, 0.5) is 22.7 Å². The first-order valence-corrected chi connectivity index (χ1v) is 19.5. The van der Waals surface area contributed by atoms with Gasteiger partial charge in [-0.2, -0.15) is 0 Å². The fourth-order valence-electron chi connectivity index (χ4n) is 8.01. The number of para-hydroxylation sites is 2. The smallest absolute Gasteiger partial charge is 0.261 e. The molecule has 4 heterocycles. The molecule has 0 saturated heterocycles. The summed E-state index contributed by atoms with van der Waals surface area (Å²) in [6, 6.07) is 28.3. The van der Waals surface area contributed by atoms with Crippen molar-refractivity contribution in [3.05, 3.63) is 130 Å². The van der Waals surface area contributed by atoms with Crippen LogP contribution in [0.3, 0.4) is 0 Å². The molecule has 11 nitrogen and oxygen atoms in total. The first kappa shape index (κ1) is 36.9. The Hall–Kier alpha value is -6.75. The van der Waals surface area contributed by atoms with Gasteiger partial charge in [0.1, 0.15) is 31.3 Å². The summed E-state index contributed by atoms with van der Waals surface area (Å²) in [5, 5.41) is 0. The van der Waals surface area contributed by atoms with Gasteiger partial charge < -0.3 is 18.9 Å². The molecule has 292 valence electrons. The number of ketones is 1. The van der Waals surface area contributed by atoms with Gasteiger partial charge in [0.25, 0.3) is 11.8 Å². The van der Waals surface area contributed by atoms with Crippen molar-refractivity contribution in [3.8, 4) is 23.0 Å². The van der Waals surface area contributed by atoms with Crippen molar-refractivity contribution in [2.24, 2.45) is 15.9 Å². The van der Waals surface area contributed by atoms with Crippen LogP contribution in [0, 0.1) is 12.8 Å². The maximum Gasteiger partial charge on any atom is 0.261 e. The van der Waals surface area contributed by atoms with Gasteiger partial charge in [0.2, 0.25) is 0 Å². The third-order valence-corrected chi connectivity index (χ3v) is 11.1. The zero-order chi connectivity index (χ0) is 40.1.